The second-order valence-corrected chi connectivity index (χ2v) is 5.47. The Kier molecular flexibility index (Phi) is 4.27. The largest absolute Gasteiger partial charge is 0.496 e. The molecular weight excluding hydrogens is 306 g/mol. The first-order valence-corrected chi connectivity index (χ1v) is 6.98. The summed E-state index contributed by atoms with van der Waals surface area (Å²) < 4.78 is 6.32. The van der Waals surface area contributed by atoms with Crippen LogP contribution in [0.1, 0.15) is 31.0 Å². The number of methoxy groups -OCH3 is 1. The van der Waals surface area contributed by atoms with E-state index in [1.807, 2.05) is 12.1 Å². The van der Waals surface area contributed by atoms with Crippen molar-refractivity contribution in [3.05, 3.63) is 33.9 Å². The normalized spacial score (nSPS) is 11.1. The van der Waals surface area contributed by atoms with Crippen molar-refractivity contribution < 1.29 is 4.74 Å². The van der Waals surface area contributed by atoms with Crippen LogP contribution in [0.4, 0.5) is 0 Å². The molecule has 0 spiro atoms. The van der Waals surface area contributed by atoms with E-state index < -0.39 is 0 Å². The van der Waals surface area contributed by atoms with Gasteiger partial charge in [-0.1, -0.05) is 13.8 Å². The van der Waals surface area contributed by atoms with Gasteiger partial charge >= 0.3 is 0 Å². The smallest absolute Gasteiger partial charge is 0.122 e. The number of nitrogens with one attached hydrogen (secondary N) is 1. The molecule has 1 aromatic heterocycles. The van der Waals surface area contributed by atoms with Crippen LogP contribution in [0.15, 0.2) is 22.7 Å². The molecule has 0 radical (unpaired) electrons. The molecule has 0 aliphatic carbocycles. The highest BCUT2D eigenvalue weighted by Crippen LogP contribution is 2.34. The lowest BCUT2D eigenvalue weighted by molar-refractivity contribution is 0.407. The summed E-state index contributed by atoms with van der Waals surface area (Å²) in [5.41, 5.74) is 9.64. The predicted molar refractivity (Wildman–Crippen MR) is 80.3 cm³/mol. The molecular formula is C14H18BrN3O. The number of nitrogens with two attached hydrogens (primary N) is 1. The summed E-state index contributed by atoms with van der Waals surface area (Å²) in [6.45, 7) is 4.72. The molecule has 0 amide bonds. The maximum atomic E-state index is 5.64. The van der Waals surface area contributed by atoms with Gasteiger partial charge in [-0.15, -0.1) is 0 Å². The van der Waals surface area contributed by atoms with E-state index in [9.17, 15) is 0 Å². The van der Waals surface area contributed by atoms with Crippen LogP contribution < -0.4 is 10.5 Å². The number of aromatic nitrogens is 2. The first kappa shape index (κ1) is 14.1. The zero-order valence-corrected chi connectivity index (χ0v) is 12.9. The molecule has 3 N–H and O–H groups in total. The Bertz CT molecular complexity index is 578. The van der Waals surface area contributed by atoms with Crippen molar-refractivity contribution in [1.82, 2.24) is 10.2 Å². The highest BCUT2D eigenvalue weighted by atomic mass is 79.9. The average Bonchev–Trinajstić information content (AvgIpc) is 2.79. The fourth-order valence-corrected chi connectivity index (χ4v) is 2.59. The SMILES string of the molecule is COc1ccc(-c2n[nH]c(CN)c2Br)cc1C(C)C. The van der Waals surface area contributed by atoms with Gasteiger partial charge < -0.3 is 10.5 Å². The molecule has 4 nitrogen and oxygen atoms in total. The van der Waals surface area contributed by atoms with Gasteiger partial charge in [-0.25, -0.2) is 0 Å². The molecule has 0 saturated heterocycles. The monoisotopic (exact) mass is 323 g/mol. The number of benzene rings is 1. The topological polar surface area (TPSA) is 63.9 Å². The molecule has 1 heterocycles. The molecule has 19 heavy (non-hydrogen) atoms. The van der Waals surface area contributed by atoms with Crippen LogP contribution in [0.3, 0.4) is 0 Å². The van der Waals surface area contributed by atoms with Gasteiger partial charge in [-0.05, 0) is 45.6 Å². The highest BCUT2D eigenvalue weighted by Gasteiger charge is 2.14. The maximum Gasteiger partial charge on any atom is 0.122 e. The molecule has 0 saturated carbocycles. The Labute approximate surface area is 121 Å². The van der Waals surface area contributed by atoms with Crippen molar-refractivity contribution in [3.63, 3.8) is 0 Å². The van der Waals surface area contributed by atoms with Crippen LogP contribution in [-0.4, -0.2) is 17.3 Å². The molecule has 2 aromatic rings. The summed E-state index contributed by atoms with van der Waals surface area (Å²) in [6.07, 6.45) is 0. The second kappa shape index (κ2) is 5.75. The Morgan fingerprint density at radius 3 is 2.68 bits per heavy atom. The number of rotatable bonds is 4. The van der Waals surface area contributed by atoms with Crippen LogP contribution in [0.5, 0.6) is 5.75 Å². The first-order chi connectivity index (χ1) is 9.08. The average molecular weight is 324 g/mol. The predicted octanol–water partition coefficient (Wildman–Crippen LogP) is 3.43. The Morgan fingerprint density at radius 1 is 1.42 bits per heavy atom. The van der Waals surface area contributed by atoms with Crippen molar-refractivity contribution in [1.29, 1.82) is 0 Å². The van der Waals surface area contributed by atoms with E-state index in [0.717, 1.165) is 27.2 Å². The standard InChI is InChI=1S/C14H18BrN3O/c1-8(2)10-6-9(4-5-12(10)19-3)14-13(15)11(7-16)17-18-14/h4-6,8H,7,16H2,1-3H3,(H,17,18). The van der Waals surface area contributed by atoms with Crippen LogP contribution >= 0.6 is 15.9 Å². The summed E-state index contributed by atoms with van der Waals surface area (Å²) in [6, 6.07) is 6.10. The number of H-pyrrole nitrogens is 1. The van der Waals surface area contributed by atoms with Crippen molar-refractivity contribution in [2.45, 2.75) is 26.3 Å². The lowest BCUT2D eigenvalue weighted by Gasteiger charge is -2.13. The molecule has 0 atom stereocenters. The van der Waals surface area contributed by atoms with Gasteiger partial charge in [0, 0.05) is 12.1 Å². The van der Waals surface area contributed by atoms with E-state index in [-0.39, 0.29) is 0 Å². The molecule has 0 bridgehead atoms. The van der Waals surface area contributed by atoms with Crippen LogP contribution in [-0.2, 0) is 6.54 Å². The third kappa shape index (κ3) is 2.67. The molecule has 0 aliphatic heterocycles. The quantitative estimate of drug-likeness (QED) is 0.906. The summed E-state index contributed by atoms with van der Waals surface area (Å²) in [5, 5.41) is 7.27. The van der Waals surface area contributed by atoms with E-state index in [1.54, 1.807) is 7.11 Å². The van der Waals surface area contributed by atoms with E-state index >= 15 is 0 Å². The van der Waals surface area contributed by atoms with Crippen molar-refractivity contribution in [3.8, 4) is 17.0 Å². The third-order valence-corrected chi connectivity index (χ3v) is 3.96. The maximum absolute atomic E-state index is 5.64. The molecule has 0 fully saturated rings. The highest BCUT2D eigenvalue weighted by molar-refractivity contribution is 9.10. The second-order valence-electron chi connectivity index (χ2n) is 4.68. The summed E-state index contributed by atoms with van der Waals surface area (Å²) in [7, 11) is 1.69. The van der Waals surface area contributed by atoms with Crippen molar-refractivity contribution >= 4 is 15.9 Å². The van der Waals surface area contributed by atoms with Crippen molar-refractivity contribution in [2.75, 3.05) is 7.11 Å². The molecule has 102 valence electrons. The summed E-state index contributed by atoms with van der Waals surface area (Å²) in [5.74, 6) is 1.30. The lowest BCUT2D eigenvalue weighted by atomic mass is 9.98. The Morgan fingerprint density at radius 2 is 2.16 bits per heavy atom. The van der Waals surface area contributed by atoms with Gasteiger partial charge in [0.25, 0.3) is 0 Å². The molecule has 1 aromatic carbocycles. The van der Waals surface area contributed by atoms with Gasteiger partial charge in [0.15, 0.2) is 0 Å². The van der Waals surface area contributed by atoms with E-state index in [4.69, 9.17) is 10.5 Å². The van der Waals surface area contributed by atoms with Gasteiger partial charge in [-0.3, -0.25) is 5.10 Å². The number of hydrogen-bond acceptors (Lipinski definition) is 3. The third-order valence-electron chi connectivity index (χ3n) is 3.10. The molecule has 2 rings (SSSR count). The molecule has 0 aliphatic rings. The number of nitrogens with zero attached hydrogens (tertiary/aromatic N) is 1. The minimum atomic E-state index is 0.390. The minimum absolute atomic E-state index is 0.390. The fourth-order valence-electron chi connectivity index (χ4n) is 2.02. The number of aromatic amines is 1. The molecule has 0 unspecified atom stereocenters. The van der Waals surface area contributed by atoms with Crippen LogP contribution in [0, 0.1) is 0 Å². The van der Waals surface area contributed by atoms with Gasteiger partial charge in [0.2, 0.25) is 0 Å². The van der Waals surface area contributed by atoms with Gasteiger partial charge in [0.1, 0.15) is 11.4 Å². The zero-order chi connectivity index (χ0) is 14.0. The number of halogens is 1. The fraction of sp³-hybridized carbons (Fsp3) is 0.357. The van der Waals surface area contributed by atoms with Crippen LogP contribution in [0.2, 0.25) is 0 Å². The van der Waals surface area contributed by atoms with Gasteiger partial charge in [0.05, 0.1) is 17.3 Å². The van der Waals surface area contributed by atoms with Gasteiger partial charge in [-0.2, -0.15) is 5.10 Å². The summed E-state index contributed by atoms with van der Waals surface area (Å²) >= 11 is 3.54. The first-order valence-electron chi connectivity index (χ1n) is 6.19. The zero-order valence-electron chi connectivity index (χ0n) is 11.3. The Balaban J connectivity index is 2.51. The minimum Gasteiger partial charge on any atom is -0.496 e. The van der Waals surface area contributed by atoms with E-state index in [2.05, 4.69) is 46.0 Å². The lowest BCUT2D eigenvalue weighted by Crippen LogP contribution is -1.97. The van der Waals surface area contributed by atoms with E-state index in [1.165, 1.54) is 5.56 Å². The Hall–Kier alpha value is -1.33. The van der Waals surface area contributed by atoms with E-state index in [0.29, 0.717) is 12.5 Å². The number of ether oxygens (including phenoxy) is 1. The van der Waals surface area contributed by atoms with Crippen LogP contribution in [0.25, 0.3) is 11.3 Å². The number of hydrogen-bond donors (Lipinski definition) is 2. The molecule has 5 heteroatoms. The van der Waals surface area contributed by atoms with Crippen molar-refractivity contribution in [2.24, 2.45) is 5.73 Å². The summed E-state index contributed by atoms with van der Waals surface area (Å²) in [4.78, 5) is 0.